The van der Waals surface area contributed by atoms with Gasteiger partial charge < -0.3 is 9.47 Å². The fourth-order valence-electron chi connectivity index (χ4n) is 2.54. The molecule has 4 nitrogen and oxygen atoms in total. The Hall–Kier alpha value is -3.02. The molecule has 0 saturated heterocycles. The number of hydrogen-bond acceptors (Lipinski definition) is 4. The lowest BCUT2D eigenvalue weighted by Gasteiger charge is -2.15. The van der Waals surface area contributed by atoms with Gasteiger partial charge in [-0.3, -0.25) is 0 Å². The third kappa shape index (κ3) is 4.78. The zero-order chi connectivity index (χ0) is 20.0. The van der Waals surface area contributed by atoms with Gasteiger partial charge in [-0.2, -0.15) is 0 Å². The van der Waals surface area contributed by atoms with Gasteiger partial charge in [-0.25, -0.2) is 18.4 Å². The molecule has 0 radical (unpaired) electrons. The maximum Gasteiger partial charge on any atom is 0.346 e. The number of carbonyl (C=O) groups is 2. The van der Waals surface area contributed by atoms with Crippen molar-refractivity contribution in [3.05, 3.63) is 76.4 Å². The first-order chi connectivity index (χ1) is 12.9. The van der Waals surface area contributed by atoms with Gasteiger partial charge in [0.15, 0.2) is 5.57 Å². The second-order valence-electron chi connectivity index (χ2n) is 5.68. The van der Waals surface area contributed by atoms with Gasteiger partial charge in [-0.05, 0) is 38.5 Å². The zero-order valence-electron chi connectivity index (χ0n) is 15.3. The van der Waals surface area contributed by atoms with E-state index in [0.717, 1.165) is 11.6 Å². The molecule has 0 aliphatic carbocycles. The third-order valence-corrected chi connectivity index (χ3v) is 3.75. The lowest BCUT2D eigenvalue weighted by Crippen LogP contribution is -2.21. The molecule has 0 unspecified atom stereocenters. The minimum atomic E-state index is -0.935. The molecule has 0 bridgehead atoms. The number of aryl methyl sites for hydroxylation is 1. The largest absolute Gasteiger partial charge is 0.462 e. The van der Waals surface area contributed by atoms with Crippen LogP contribution in [0.5, 0.6) is 0 Å². The van der Waals surface area contributed by atoms with Crippen molar-refractivity contribution >= 4 is 17.5 Å². The van der Waals surface area contributed by atoms with Crippen molar-refractivity contribution in [3.63, 3.8) is 0 Å². The van der Waals surface area contributed by atoms with Crippen LogP contribution in [0.25, 0.3) is 5.57 Å². The Kier molecular flexibility index (Phi) is 6.82. The van der Waals surface area contributed by atoms with E-state index < -0.39 is 29.1 Å². The summed E-state index contributed by atoms with van der Waals surface area (Å²) in [4.78, 5) is 25.0. The standard InChI is InChI=1S/C21H20F2O4/c1-4-26-20(24)19(21(25)27-5-2)18(14-8-6-13(3)7-9-14)16-11-10-15(22)12-17(16)23/h6-12H,4-5H2,1-3H3. The fraction of sp³-hybridized carbons (Fsp3) is 0.238. The predicted molar refractivity (Wildman–Crippen MR) is 96.8 cm³/mol. The average molecular weight is 374 g/mol. The predicted octanol–water partition coefficient (Wildman–Crippen LogP) is 4.20. The summed E-state index contributed by atoms with van der Waals surface area (Å²) in [6.07, 6.45) is 0. The van der Waals surface area contributed by atoms with E-state index in [9.17, 15) is 18.4 Å². The van der Waals surface area contributed by atoms with Crippen LogP contribution in [0.3, 0.4) is 0 Å². The van der Waals surface area contributed by atoms with Crippen LogP contribution in [-0.4, -0.2) is 25.2 Å². The molecule has 0 heterocycles. The summed E-state index contributed by atoms with van der Waals surface area (Å²) in [5, 5.41) is 0. The highest BCUT2D eigenvalue weighted by molar-refractivity contribution is 6.21. The van der Waals surface area contributed by atoms with Gasteiger partial charge >= 0.3 is 11.9 Å². The summed E-state index contributed by atoms with van der Waals surface area (Å²) in [5.41, 5.74) is 0.794. The maximum atomic E-state index is 14.5. The van der Waals surface area contributed by atoms with E-state index in [-0.39, 0.29) is 24.4 Å². The van der Waals surface area contributed by atoms with Gasteiger partial charge in [0.05, 0.1) is 13.2 Å². The topological polar surface area (TPSA) is 52.6 Å². The Labute approximate surface area is 156 Å². The highest BCUT2D eigenvalue weighted by Crippen LogP contribution is 2.31. The summed E-state index contributed by atoms with van der Waals surface area (Å²) in [7, 11) is 0. The van der Waals surface area contributed by atoms with E-state index in [0.29, 0.717) is 11.6 Å². The first kappa shape index (κ1) is 20.3. The number of hydrogen-bond donors (Lipinski definition) is 0. The highest BCUT2D eigenvalue weighted by atomic mass is 19.1. The van der Waals surface area contributed by atoms with Crippen molar-refractivity contribution in [3.8, 4) is 0 Å². The van der Waals surface area contributed by atoms with Gasteiger partial charge in [0.25, 0.3) is 0 Å². The second kappa shape index (κ2) is 9.07. The minimum Gasteiger partial charge on any atom is -0.462 e. The molecule has 6 heteroatoms. The lowest BCUT2D eigenvalue weighted by atomic mass is 9.92. The first-order valence-corrected chi connectivity index (χ1v) is 8.50. The Bertz CT molecular complexity index is 850. The van der Waals surface area contributed by atoms with Crippen LogP contribution >= 0.6 is 0 Å². The molecular formula is C21H20F2O4. The van der Waals surface area contributed by atoms with E-state index in [2.05, 4.69) is 0 Å². The van der Waals surface area contributed by atoms with E-state index in [4.69, 9.17) is 9.47 Å². The summed E-state index contributed by atoms with van der Waals surface area (Å²) >= 11 is 0. The van der Waals surface area contributed by atoms with Gasteiger partial charge in [0.2, 0.25) is 0 Å². The van der Waals surface area contributed by atoms with Gasteiger partial charge in [0, 0.05) is 17.2 Å². The van der Waals surface area contributed by atoms with Crippen LogP contribution in [0.4, 0.5) is 8.78 Å². The number of esters is 2. The van der Waals surface area contributed by atoms with Gasteiger partial charge in [-0.1, -0.05) is 29.8 Å². The lowest BCUT2D eigenvalue weighted by molar-refractivity contribution is -0.146. The Morgan fingerprint density at radius 2 is 1.44 bits per heavy atom. The van der Waals surface area contributed by atoms with Crippen LogP contribution in [0, 0.1) is 18.6 Å². The fourth-order valence-corrected chi connectivity index (χ4v) is 2.54. The number of benzene rings is 2. The molecule has 27 heavy (non-hydrogen) atoms. The average Bonchev–Trinajstić information content (AvgIpc) is 2.61. The normalized spacial score (nSPS) is 10.3. The van der Waals surface area contributed by atoms with Crippen molar-refractivity contribution in [1.82, 2.24) is 0 Å². The van der Waals surface area contributed by atoms with Crippen molar-refractivity contribution in [1.29, 1.82) is 0 Å². The molecule has 0 aliphatic heterocycles. The molecule has 2 aromatic rings. The van der Waals surface area contributed by atoms with Crippen molar-refractivity contribution in [2.75, 3.05) is 13.2 Å². The van der Waals surface area contributed by atoms with Crippen LogP contribution < -0.4 is 0 Å². The number of rotatable bonds is 6. The molecule has 142 valence electrons. The van der Waals surface area contributed by atoms with Crippen molar-refractivity contribution in [2.24, 2.45) is 0 Å². The zero-order valence-corrected chi connectivity index (χ0v) is 15.3. The van der Waals surface area contributed by atoms with Crippen LogP contribution in [0.15, 0.2) is 48.0 Å². The SMILES string of the molecule is CCOC(=O)C(C(=O)OCC)=C(c1ccc(C)cc1)c1ccc(F)cc1F. The smallest absolute Gasteiger partial charge is 0.346 e. The van der Waals surface area contributed by atoms with Crippen LogP contribution in [0.2, 0.25) is 0 Å². The molecule has 0 amide bonds. The maximum absolute atomic E-state index is 14.5. The molecule has 0 N–H and O–H groups in total. The number of ether oxygens (including phenoxy) is 2. The van der Waals surface area contributed by atoms with Gasteiger partial charge in [0.1, 0.15) is 11.6 Å². The summed E-state index contributed by atoms with van der Waals surface area (Å²) < 4.78 is 37.9. The van der Waals surface area contributed by atoms with E-state index in [1.165, 1.54) is 6.07 Å². The summed E-state index contributed by atoms with van der Waals surface area (Å²) in [6.45, 7) is 5.09. The van der Waals surface area contributed by atoms with Crippen molar-refractivity contribution < 1.29 is 27.8 Å². The van der Waals surface area contributed by atoms with E-state index in [1.54, 1.807) is 38.1 Å². The van der Waals surface area contributed by atoms with Crippen LogP contribution in [0.1, 0.15) is 30.5 Å². The molecule has 0 spiro atoms. The second-order valence-corrected chi connectivity index (χ2v) is 5.68. The van der Waals surface area contributed by atoms with Crippen LogP contribution in [-0.2, 0) is 19.1 Å². The third-order valence-electron chi connectivity index (χ3n) is 3.75. The Morgan fingerprint density at radius 3 is 1.93 bits per heavy atom. The molecule has 0 aromatic heterocycles. The van der Waals surface area contributed by atoms with E-state index >= 15 is 0 Å². The van der Waals surface area contributed by atoms with E-state index in [1.807, 2.05) is 6.92 Å². The summed E-state index contributed by atoms with van der Waals surface area (Å²) in [6, 6.07) is 9.73. The molecule has 2 aromatic carbocycles. The first-order valence-electron chi connectivity index (χ1n) is 8.50. The quantitative estimate of drug-likeness (QED) is 0.329. The number of halogens is 2. The molecular weight excluding hydrogens is 354 g/mol. The molecule has 2 rings (SSSR count). The molecule has 0 saturated carbocycles. The van der Waals surface area contributed by atoms with Gasteiger partial charge in [-0.15, -0.1) is 0 Å². The minimum absolute atomic E-state index is 0.00981. The Morgan fingerprint density at radius 1 is 0.889 bits per heavy atom. The summed E-state index contributed by atoms with van der Waals surface area (Å²) in [5.74, 6) is -3.55. The monoisotopic (exact) mass is 374 g/mol. The molecule has 0 fully saturated rings. The Balaban J connectivity index is 2.84. The number of carbonyl (C=O) groups excluding carboxylic acids is 2. The van der Waals surface area contributed by atoms with Crippen molar-refractivity contribution in [2.45, 2.75) is 20.8 Å². The molecule has 0 atom stereocenters. The highest BCUT2D eigenvalue weighted by Gasteiger charge is 2.29. The molecule has 0 aliphatic rings.